The van der Waals surface area contributed by atoms with Gasteiger partial charge in [0.1, 0.15) is 6.07 Å². The molecule has 4 nitrogen and oxygen atoms in total. The Hall–Kier alpha value is -1.73. The summed E-state index contributed by atoms with van der Waals surface area (Å²) < 4.78 is 0. The Morgan fingerprint density at radius 2 is 2.30 bits per heavy atom. The van der Waals surface area contributed by atoms with Gasteiger partial charge in [-0.05, 0) is 43.9 Å². The largest absolute Gasteiger partial charge is 0.481 e. The van der Waals surface area contributed by atoms with Crippen LogP contribution in [-0.4, -0.2) is 23.7 Å². The molecule has 1 aliphatic heterocycles. The maximum Gasteiger partial charge on any atom is 0.303 e. The first-order valence-electron chi connectivity index (χ1n) is 6.80. The van der Waals surface area contributed by atoms with E-state index < -0.39 is 5.97 Å². The summed E-state index contributed by atoms with van der Waals surface area (Å²) in [6.07, 6.45) is 3.88. The van der Waals surface area contributed by atoms with Gasteiger partial charge in [0.2, 0.25) is 0 Å². The molecular formula is C15H17ClN2O2. The monoisotopic (exact) mass is 292 g/mol. The number of carbonyl (C=O) groups is 1. The lowest BCUT2D eigenvalue weighted by Gasteiger charge is -2.38. The highest BCUT2D eigenvalue weighted by atomic mass is 35.5. The average molecular weight is 293 g/mol. The Bertz CT molecular complexity index is 539. The first-order chi connectivity index (χ1) is 9.61. The predicted octanol–water partition coefficient (Wildman–Crippen LogP) is 3.44. The van der Waals surface area contributed by atoms with Crippen molar-refractivity contribution in [2.45, 2.75) is 38.1 Å². The fraction of sp³-hybridized carbons (Fsp3) is 0.467. The predicted molar refractivity (Wildman–Crippen MR) is 78.0 cm³/mol. The van der Waals surface area contributed by atoms with Crippen molar-refractivity contribution in [2.24, 2.45) is 0 Å². The van der Waals surface area contributed by atoms with Crippen LogP contribution in [0.3, 0.4) is 0 Å². The van der Waals surface area contributed by atoms with Crippen LogP contribution in [0.2, 0.25) is 5.02 Å². The van der Waals surface area contributed by atoms with Crippen LogP contribution in [0.15, 0.2) is 18.2 Å². The molecule has 1 aromatic rings. The Morgan fingerprint density at radius 3 is 3.00 bits per heavy atom. The Kier molecular flexibility index (Phi) is 4.86. The molecule has 1 heterocycles. The first-order valence-corrected chi connectivity index (χ1v) is 7.17. The van der Waals surface area contributed by atoms with E-state index in [0.29, 0.717) is 17.0 Å². The number of carboxylic acid groups (broad SMARTS) is 1. The third-order valence-electron chi connectivity index (χ3n) is 3.71. The molecule has 1 unspecified atom stereocenters. The highest BCUT2D eigenvalue weighted by Crippen LogP contribution is 2.31. The fourth-order valence-corrected chi connectivity index (χ4v) is 2.91. The maximum atomic E-state index is 10.8. The molecule has 1 aromatic carbocycles. The third-order valence-corrected chi connectivity index (χ3v) is 3.94. The summed E-state index contributed by atoms with van der Waals surface area (Å²) >= 11 is 6.04. The SMILES string of the molecule is N#Cc1ccc(Cl)cc1N1CCCCC1CCC(=O)O. The second-order valence-corrected chi connectivity index (χ2v) is 5.49. The molecule has 5 heteroatoms. The van der Waals surface area contributed by atoms with E-state index in [1.165, 1.54) is 0 Å². The average Bonchev–Trinajstić information content (AvgIpc) is 2.45. The van der Waals surface area contributed by atoms with E-state index >= 15 is 0 Å². The molecule has 1 fully saturated rings. The number of hydrogen-bond acceptors (Lipinski definition) is 3. The maximum absolute atomic E-state index is 10.8. The van der Waals surface area contributed by atoms with E-state index in [9.17, 15) is 10.1 Å². The summed E-state index contributed by atoms with van der Waals surface area (Å²) in [6, 6.07) is 7.60. The second-order valence-electron chi connectivity index (χ2n) is 5.05. The zero-order valence-electron chi connectivity index (χ0n) is 11.2. The van der Waals surface area contributed by atoms with E-state index in [1.807, 2.05) is 0 Å². The van der Waals surface area contributed by atoms with Crippen molar-refractivity contribution in [2.75, 3.05) is 11.4 Å². The molecule has 20 heavy (non-hydrogen) atoms. The normalized spacial score (nSPS) is 18.6. The van der Waals surface area contributed by atoms with E-state index in [2.05, 4.69) is 11.0 Å². The van der Waals surface area contributed by atoms with Crippen LogP contribution in [0.5, 0.6) is 0 Å². The molecule has 0 amide bonds. The second kappa shape index (κ2) is 6.62. The van der Waals surface area contributed by atoms with Gasteiger partial charge in [0.15, 0.2) is 0 Å². The van der Waals surface area contributed by atoms with Crippen LogP contribution in [0.1, 0.15) is 37.7 Å². The number of hydrogen-bond donors (Lipinski definition) is 1. The lowest BCUT2D eigenvalue weighted by atomic mass is 9.96. The molecule has 2 rings (SSSR count). The van der Waals surface area contributed by atoms with Crippen LogP contribution in [-0.2, 0) is 4.79 Å². The number of nitriles is 1. The van der Waals surface area contributed by atoms with Crippen LogP contribution in [0, 0.1) is 11.3 Å². The molecule has 1 atom stereocenters. The zero-order chi connectivity index (χ0) is 14.5. The van der Waals surface area contributed by atoms with Gasteiger partial charge < -0.3 is 10.0 Å². The van der Waals surface area contributed by atoms with Crippen molar-refractivity contribution in [3.05, 3.63) is 28.8 Å². The summed E-state index contributed by atoms with van der Waals surface area (Å²) in [5.74, 6) is -0.776. The molecule has 106 valence electrons. The standard InChI is InChI=1S/C15H17ClN2O2/c16-12-5-4-11(10-17)14(9-12)18-8-2-1-3-13(18)6-7-15(19)20/h4-5,9,13H,1-3,6-8H2,(H,19,20). The van der Waals surface area contributed by atoms with Gasteiger partial charge in [0.25, 0.3) is 0 Å². The highest BCUT2D eigenvalue weighted by Gasteiger charge is 2.25. The van der Waals surface area contributed by atoms with E-state index in [-0.39, 0.29) is 12.5 Å². The summed E-state index contributed by atoms with van der Waals surface area (Å²) in [4.78, 5) is 12.9. The first kappa shape index (κ1) is 14.7. The van der Waals surface area contributed by atoms with Gasteiger partial charge in [0, 0.05) is 24.0 Å². The van der Waals surface area contributed by atoms with Gasteiger partial charge in [0.05, 0.1) is 11.3 Å². The van der Waals surface area contributed by atoms with Crippen molar-refractivity contribution in [1.29, 1.82) is 5.26 Å². The van der Waals surface area contributed by atoms with Crippen molar-refractivity contribution in [3.8, 4) is 6.07 Å². The molecule has 0 radical (unpaired) electrons. The quantitative estimate of drug-likeness (QED) is 0.923. The number of aliphatic carboxylic acids is 1. The van der Waals surface area contributed by atoms with Crippen molar-refractivity contribution >= 4 is 23.3 Å². The smallest absolute Gasteiger partial charge is 0.303 e. The van der Waals surface area contributed by atoms with Gasteiger partial charge in [-0.2, -0.15) is 5.26 Å². The lowest BCUT2D eigenvalue weighted by molar-refractivity contribution is -0.137. The number of anilines is 1. The molecule has 0 bridgehead atoms. The van der Waals surface area contributed by atoms with Crippen molar-refractivity contribution < 1.29 is 9.90 Å². The van der Waals surface area contributed by atoms with Gasteiger partial charge in [-0.15, -0.1) is 0 Å². The van der Waals surface area contributed by atoms with Gasteiger partial charge in [-0.3, -0.25) is 4.79 Å². The Labute approximate surface area is 123 Å². The van der Waals surface area contributed by atoms with Crippen LogP contribution in [0.4, 0.5) is 5.69 Å². The minimum absolute atomic E-state index is 0.156. The molecular weight excluding hydrogens is 276 g/mol. The highest BCUT2D eigenvalue weighted by molar-refractivity contribution is 6.30. The zero-order valence-corrected chi connectivity index (χ0v) is 11.9. The van der Waals surface area contributed by atoms with E-state index in [4.69, 9.17) is 16.7 Å². The van der Waals surface area contributed by atoms with E-state index in [0.717, 1.165) is 31.5 Å². The molecule has 0 aromatic heterocycles. The summed E-state index contributed by atoms with van der Waals surface area (Å²) in [6.45, 7) is 0.847. The third kappa shape index (κ3) is 3.43. The number of carboxylic acids is 1. The van der Waals surface area contributed by atoms with Gasteiger partial charge in [-0.25, -0.2) is 0 Å². The minimum atomic E-state index is -0.776. The number of halogens is 1. The van der Waals surface area contributed by atoms with E-state index in [1.54, 1.807) is 18.2 Å². The molecule has 0 aliphatic carbocycles. The number of rotatable bonds is 4. The number of benzene rings is 1. The summed E-state index contributed by atoms with van der Waals surface area (Å²) in [5, 5.41) is 18.7. The number of piperidine rings is 1. The van der Waals surface area contributed by atoms with Gasteiger partial charge in [-0.1, -0.05) is 11.6 Å². The summed E-state index contributed by atoms with van der Waals surface area (Å²) in [7, 11) is 0. The Morgan fingerprint density at radius 1 is 1.50 bits per heavy atom. The van der Waals surface area contributed by atoms with Crippen LogP contribution < -0.4 is 4.90 Å². The van der Waals surface area contributed by atoms with Gasteiger partial charge >= 0.3 is 5.97 Å². The Balaban J connectivity index is 2.25. The van der Waals surface area contributed by atoms with Crippen LogP contribution in [0.25, 0.3) is 0 Å². The topological polar surface area (TPSA) is 64.3 Å². The summed E-state index contributed by atoms with van der Waals surface area (Å²) in [5.41, 5.74) is 1.42. The van der Waals surface area contributed by atoms with Crippen LogP contribution >= 0.6 is 11.6 Å². The molecule has 0 saturated carbocycles. The minimum Gasteiger partial charge on any atom is -0.481 e. The van der Waals surface area contributed by atoms with Crippen molar-refractivity contribution in [1.82, 2.24) is 0 Å². The molecule has 0 spiro atoms. The lowest BCUT2D eigenvalue weighted by Crippen LogP contribution is -2.40. The molecule has 1 N–H and O–H groups in total. The number of nitrogens with zero attached hydrogens (tertiary/aromatic N) is 2. The molecule has 1 saturated heterocycles. The molecule has 1 aliphatic rings. The fourth-order valence-electron chi connectivity index (χ4n) is 2.74. The van der Waals surface area contributed by atoms with Crippen molar-refractivity contribution in [3.63, 3.8) is 0 Å².